The van der Waals surface area contributed by atoms with E-state index in [4.69, 9.17) is 0 Å². The van der Waals surface area contributed by atoms with Crippen molar-refractivity contribution in [2.45, 2.75) is 33.2 Å². The Hall–Kier alpha value is -1.39. The average molecular weight is 289 g/mol. The van der Waals surface area contributed by atoms with Crippen LogP contribution in [0.2, 0.25) is 0 Å². The molecule has 0 spiro atoms. The molecule has 0 aromatic heterocycles. The van der Waals surface area contributed by atoms with Crippen LogP contribution in [0, 0.1) is 0 Å². The first-order valence-corrected chi connectivity index (χ1v) is 8.00. The van der Waals surface area contributed by atoms with Gasteiger partial charge in [0.1, 0.15) is 0 Å². The zero-order valence-corrected chi connectivity index (χ0v) is 13.4. The van der Waals surface area contributed by atoms with E-state index in [2.05, 4.69) is 37.1 Å². The van der Waals surface area contributed by atoms with Crippen molar-refractivity contribution in [1.82, 2.24) is 10.2 Å². The summed E-state index contributed by atoms with van der Waals surface area (Å²) >= 11 is 0. The van der Waals surface area contributed by atoms with E-state index in [9.17, 15) is 4.79 Å². The van der Waals surface area contributed by atoms with Crippen molar-refractivity contribution in [3.8, 4) is 0 Å². The number of anilines is 1. The van der Waals surface area contributed by atoms with Gasteiger partial charge in [-0.2, -0.15) is 0 Å². The first-order chi connectivity index (χ1) is 10.2. The molecule has 0 aliphatic carbocycles. The maximum absolute atomic E-state index is 12.5. The number of carbonyl (C=O) groups excluding carboxylic acids is 1. The van der Waals surface area contributed by atoms with Gasteiger partial charge in [-0.25, -0.2) is 0 Å². The van der Waals surface area contributed by atoms with Crippen LogP contribution in [-0.2, 0) is 11.2 Å². The number of amides is 1. The summed E-state index contributed by atoms with van der Waals surface area (Å²) in [6, 6.07) is 8.48. The molecule has 1 aliphatic rings. The molecule has 4 nitrogen and oxygen atoms in total. The summed E-state index contributed by atoms with van der Waals surface area (Å²) < 4.78 is 0. The molecule has 21 heavy (non-hydrogen) atoms. The lowest BCUT2D eigenvalue weighted by Gasteiger charge is -2.23. The maximum Gasteiger partial charge on any atom is 0.241 e. The van der Waals surface area contributed by atoms with Crippen LogP contribution in [0.25, 0.3) is 0 Å². The molecule has 1 aliphatic heterocycles. The Kier molecular flexibility index (Phi) is 5.76. The molecule has 1 heterocycles. The number of para-hydroxylation sites is 1. The topological polar surface area (TPSA) is 35.6 Å². The zero-order valence-electron chi connectivity index (χ0n) is 13.4. The summed E-state index contributed by atoms with van der Waals surface area (Å²) in [6.07, 6.45) is 0.960. The van der Waals surface area contributed by atoms with E-state index in [0.29, 0.717) is 6.54 Å². The second-order valence-electron chi connectivity index (χ2n) is 5.65. The number of hydrogen-bond acceptors (Lipinski definition) is 3. The third kappa shape index (κ3) is 3.83. The third-order valence-corrected chi connectivity index (χ3v) is 4.25. The number of carbonyl (C=O) groups is 1. The Bertz CT molecular complexity index is 471. The summed E-state index contributed by atoms with van der Waals surface area (Å²) in [5, 5.41) is 3.28. The molecule has 4 heteroatoms. The van der Waals surface area contributed by atoms with Crippen molar-refractivity contribution in [1.29, 1.82) is 0 Å². The number of hydrogen-bond donors (Lipinski definition) is 1. The van der Waals surface area contributed by atoms with Crippen LogP contribution in [0.3, 0.4) is 0 Å². The molecule has 1 aromatic carbocycles. The molecule has 1 amide bonds. The highest BCUT2D eigenvalue weighted by Crippen LogP contribution is 2.31. The quantitative estimate of drug-likeness (QED) is 0.779. The number of benzene rings is 1. The first kappa shape index (κ1) is 16.0. The third-order valence-electron chi connectivity index (χ3n) is 4.25. The van der Waals surface area contributed by atoms with Gasteiger partial charge in [-0.3, -0.25) is 4.79 Å². The van der Waals surface area contributed by atoms with Gasteiger partial charge in [0, 0.05) is 24.8 Å². The monoisotopic (exact) mass is 289 g/mol. The molecule has 1 N–H and O–H groups in total. The van der Waals surface area contributed by atoms with Gasteiger partial charge in [-0.1, -0.05) is 32.0 Å². The average Bonchev–Trinajstić information content (AvgIpc) is 2.83. The lowest BCUT2D eigenvalue weighted by molar-refractivity contribution is -0.118. The number of fused-ring (bicyclic) bond motifs is 1. The van der Waals surface area contributed by atoms with Crippen molar-refractivity contribution >= 4 is 11.6 Å². The van der Waals surface area contributed by atoms with Crippen LogP contribution in [-0.4, -0.2) is 49.6 Å². The van der Waals surface area contributed by atoms with Crippen LogP contribution >= 0.6 is 0 Å². The van der Waals surface area contributed by atoms with Gasteiger partial charge >= 0.3 is 0 Å². The Morgan fingerprint density at radius 2 is 2.05 bits per heavy atom. The molecule has 0 radical (unpaired) electrons. The van der Waals surface area contributed by atoms with Crippen LogP contribution < -0.4 is 10.2 Å². The fraction of sp³-hybridized carbons (Fsp3) is 0.588. The predicted octanol–water partition coefficient (Wildman–Crippen LogP) is 1.90. The van der Waals surface area contributed by atoms with Gasteiger partial charge in [-0.15, -0.1) is 0 Å². The second-order valence-corrected chi connectivity index (χ2v) is 5.65. The lowest BCUT2D eigenvalue weighted by Crippen LogP contribution is -2.43. The largest absolute Gasteiger partial charge is 0.308 e. The molecular weight excluding hydrogens is 262 g/mol. The van der Waals surface area contributed by atoms with Crippen LogP contribution in [0.5, 0.6) is 0 Å². The first-order valence-electron chi connectivity index (χ1n) is 8.00. The van der Waals surface area contributed by atoms with Crippen molar-refractivity contribution in [2.24, 2.45) is 0 Å². The maximum atomic E-state index is 12.5. The van der Waals surface area contributed by atoms with Gasteiger partial charge in [0.2, 0.25) is 5.91 Å². The van der Waals surface area contributed by atoms with E-state index >= 15 is 0 Å². The van der Waals surface area contributed by atoms with Gasteiger partial charge in [0.15, 0.2) is 0 Å². The number of nitrogens with zero attached hydrogens (tertiary/aromatic N) is 2. The molecule has 1 atom stereocenters. The highest BCUT2D eigenvalue weighted by molar-refractivity contribution is 5.97. The molecule has 0 fully saturated rings. The summed E-state index contributed by atoms with van der Waals surface area (Å²) in [6.45, 7) is 10.8. The van der Waals surface area contributed by atoms with E-state index in [1.54, 1.807) is 0 Å². The van der Waals surface area contributed by atoms with E-state index in [0.717, 1.165) is 38.3 Å². The highest BCUT2D eigenvalue weighted by atomic mass is 16.2. The van der Waals surface area contributed by atoms with Crippen molar-refractivity contribution < 1.29 is 4.79 Å². The number of nitrogens with one attached hydrogen (secondary N) is 1. The van der Waals surface area contributed by atoms with E-state index in [1.165, 1.54) is 5.56 Å². The summed E-state index contributed by atoms with van der Waals surface area (Å²) in [4.78, 5) is 16.7. The predicted molar refractivity (Wildman–Crippen MR) is 87.8 cm³/mol. The standard InChI is InChI=1S/C17H27N3O/c1-4-19(5-2)11-10-18-13-17(21)20-14(3)12-15-8-6-7-9-16(15)20/h6-9,14,18H,4-5,10-13H2,1-3H3. The van der Waals surface area contributed by atoms with E-state index in [-0.39, 0.29) is 11.9 Å². The van der Waals surface area contributed by atoms with E-state index < -0.39 is 0 Å². The smallest absolute Gasteiger partial charge is 0.241 e. The van der Waals surface area contributed by atoms with Crippen LogP contribution in [0.15, 0.2) is 24.3 Å². The lowest BCUT2D eigenvalue weighted by atomic mass is 10.1. The van der Waals surface area contributed by atoms with Gasteiger partial charge < -0.3 is 15.1 Å². The minimum atomic E-state index is 0.173. The van der Waals surface area contributed by atoms with Gasteiger partial charge in [-0.05, 0) is 38.1 Å². The molecule has 0 bridgehead atoms. The van der Waals surface area contributed by atoms with Gasteiger partial charge in [0.25, 0.3) is 0 Å². The zero-order chi connectivity index (χ0) is 15.2. The van der Waals surface area contributed by atoms with Gasteiger partial charge in [0.05, 0.1) is 6.54 Å². The Morgan fingerprint density at radius 3 is 2.76 bits per heavy atom. The van der Waals surface area contributed by atoms with E-state index in [1.807, 2.05) is 23.1 Å². The Morgan fingerprint density at radius 1 is 1.33 bits per heavy atom. The summed E-state index contributed by atoms with van der Waals surface area (Å²) in [5.41, 5.74) is 2.36. The second kappa shape index (κ2) is 7.57. The SMILES string of the molecule is CCN(CC)CCNCC(=O)N1c2ccccc2CC1C. The molecule has 116 valence electrons. The highest BCUT2D eigenvalue weighted by Gasteiger charge is 2.29. The Balaban J connectivity index is 1.84. The summed E-state index contributed by atoms with van der Waals surface area (Å²) in [7, 11) is 0. The Labute approximate surface area is 128 Å². The molecule has 2 rings (SSSR count). The summed E-state index contributed by atoms with van der Waals surface area (Å²) in [5.74, 6) is 0.173. The minimum Gasteiger partial charge on any atom is -0.308 e. The molecule has 0 saturated carbocycles. The fourth-order valence-electron chi connectivity index (χ4n) is 3.00. The molecule has 1 unspecified atom stereocenters. The van der Waals surface area contributed by atoms with Crippen molar-refractivity contribution in [3.05, 3.63) is 29.8 Å². The molecular formula is C17H27N3O. The van der Waals surface area contributed by atoms with Crippen LogP contribution in [0.1, 0.15) is 26.3 Å². The minimum absolute atomic E-state index is 0.173. The molecule has 0 saturated heterocycles. The normalized spacial score (nSPS) is 17.3. The number of rotatable bonds is 7. The van der Waals surface area contributed by atoms with Crippen molar-refractivity contribution in [3.63, 3.8) is 0 Å². The fourth-order valence-corrected chi connectivity index (χ4v) is 3.00. The molecule has 1 aromatic rings. The number of likely N-dealkylation sites (N-methyl/N-ethyl adjacent to an activating group) is 1. The van der Waals surface area contributed by atoms with Crippen LogP contribution in [0.4, 0.5) is 5.69 Å². The van der Waals surface area contributed by atoms with Crippen molar-refractivity contribution in [2.75, 3.05) is 37.6 Å².